The molecule has 5 rings (SSSR count). The van der Waals surface area contributed by atoms with Crippen molar-refractivity contribution in [2.75, 3.05) is 19.8 Å². The molecule has 0 saturated heterocycles. The molecule has 1 aliphatic heterocycles. The first kappa shape index (κ1) is 31.5. The molecule has 1 fully saturated rings. The maximum Gasteiger partial charge on any atom is 0.246 e. The minimum atomic E-state index is -0.952. The molecule has 1 aromatic carbocycles. The monoisotopic (exact) mass is 610 g/mol. The third-order valence-corrected chi connectivity index (χ3v) is 8.94. The molecule has 3 heterocycles. The van der Waals surface area contributed by atoms with Crippen LogP contribution in [-0.2, 0) is 22.4 Å². The summed E-state index contributed by atoms with van der Waals surface area (Å²) in [5.74, 6) is -0.0622. The first-order chi connectivity index (χ1) is 20.5. The number of nitrogens with one attached hydrogen (secondary N) is 2. The minimum Gasteiger partial charge on any atom is -0.471 e. The standard InChI is InChI=1S/C33H43FN4O4S/c1-5-41-20-29(40)38-26(14-21-11-23(15-24(34)12-21)31-35-9-10-43-31)28(39)19-36-27-17-33(7-6-8-33)42-30-25(27)13-22(18-37-30)16-32(2,3)4/h9-13,15,18,26-28,36,39H,5-8,14,16-17,19-20H2,1-4H3,(H,38,40)/t26-,27-,28+/m0/s1. The third-order valence-electron chi connectivity index (χ3n) is 8.11. The number of carbonyl (C=O) groups excluding carboxylic acids is 1. The van der Waals surface area contributed by atoms with Gasteiger partial charge < -0.3 is 25.2 Å². The Balaban J connectivity index is 1.35. The van der Waals surface area contributed by atoms with E-state index in [-0.39, 0.29) is 42.5 Å². The van der Waals surface area contributed by atoms with Gasteiger partial charge >= 0.3 is 0 Å². The van der Waals surface area contributed by atoms with Gasteiger partial charge in [-0.25, -0.2) is 14.4 Å². The van der Waals surface area contributed by atoms with Crippen molar-refractivity contribution < 1.29 is 23.8 Å². The predicted molar refractivity (Wildman–Crippen MR) is 166 cm³/mol. The number of rotatable bonds is 12. The van der Waals surface area contributed by atoms with Crippen LogP contribution in [0.2, 0.25) is 0 Å². The molecular weight excluding hydrogens is 567 g/mol. The van der Waals surface area contributed by atoms with Crippen molar-refractivity contribution in [3.05, 3.63) is 64.5 Å². The molecule has 2 aromatic heterocycles. The van der Waals surface area contributed by atoms with Gasteiger partial charge in [0.25, 0.3) is 0 Å². The summed E-state index contributed by atoms with van der Waals surface area (Å²) < 4.78 is 26.4. The van der Waals surface area contributed by atoms with Gasteiger partial charge in [-0.3, -0.25) is 4.79 Å². The van der Waals surface area contributed by atoms with Crippen LogP contribution < -0.4 is 15.4 Å². The van der Waals surface area contributed by atoms with E-state index in [1.165, 1.54) is 23.5 Å². The zero-order chi connectivity index (χ0) is 30.6. The number of pyridine rings is 1. The number of ether oxygens (including phenoxy) is 2. The number of aromatic nitrogens is 2. The Morgan fingerprint density at radius 3 is 2.72 bits per heavy atom. The van der Waals surface area contributed by atoms with Gasteiger partial charge in [0, 0.05) is 54.5 Å². The molecule has 0 bridgehead atoms. The van der Waals surface area contributed by atoms with Crippen LogP contribution >= 0.6 is 11.3 Å². The molecule has 0 unspecified atom stereocenters. The first-order valence-electron chi connectivity index (χ1n) is 15.2. The lowest BCUT2D eigenvalue weighted by Crippen LogP contribution is -2.52. The van der Waals surface area contributed by atoms with E-state index in [2.05, 4.69) is 42.5 Å². The molecule has 3 aromatic rings. The molecule has 3 atom stereocenters. The van der Waals surface area contributed by atoms with Gasteiger partial charge in [-0.2, -0.15) is 0 Å². The highest BCUT2D eigenvalue weighted by molar-refractivity contribution is 7.13. The van der Waals surface area contributed by atoms with Crippen molar-refractivity contribution >= 4 is 17.2 Å². The van der Waals surface area contributed by atoms with Gasteiger partial charge in [-0.1, -0.05) is 20.8 Å². The smallest absolute Gasteiger partial charge is 0.246 e. The van der Waals surface area contributed by atoms with Crippen molar-refractivity contribution in [3.63, 3.8) is 0 Å². The Morgan fingerprint density at radius 2 is 2.05 bits per heavy atom. The average Bonchev–Trinajstić information content (AvgIpc) is 3.47. The Hall–Kier alpha value is -2.92. The van der Waals surface area contributed by atoms with Gasteiger partial charge in [0.05, 0.1) is 12.1 Å². The fourth-order valence-corrected chi connectivity index (χ4v) is 6.62. The number of amides is 1. The number of nitrogens with zero attached hydrogens (tertiary/aromatic N) is 2. The summed E-state index contributed by atoms with van der Waals surface area (Å²) in [6.45, 7) is 8.94. The number of aliphatic hydroxyl groups is 1. The van der Waals surface area contributed by atoms with E-state index < -0.39 is 18.0 Å². The quantitative estimate of drug-likeness (QED) is 0.252. The highest BCUT2D eigenvalue weighted by Crippen LogP contribution is 2.48. The molecule has 1 amide bonds. The SMILES string of the molecule is CCOCC(=O)N[C@@H](Cc1cc(F)cc(-c2nccs2)c1)[C@H](O)CN[C@H]1CC2(CCC2)Oc2ncc(CC(C)(C)C)cc21. The molecule has 8 nitrogen and oxygen atoms in total. The molecule has 2 aliphatic rings. The number of hydrogen-bond acceptors (Lipinski definition) is 8. The van der Waals surface area contributed by atoms with Crippen LogP contribution in [0.5, 0.6) is 5.88 Å². The van der Waals surface area contributed by atoms with E-state index in [9.17, 15) is 14.3 Å². The second kappa shape index (κ2) is 13.4. The maximum atomic E-state index is 14.7. The lowest BCUT2D eigenvalue weighted by atomic mass is 9.73. The zero-order valence-corrected chi connectivity index (χ0v) is 26.3. The van der Waals surface area contributed by atoms with Crippen LogP contribution in [0.1, 0.15) is 76.1 Å². The van der Waals surface area contributed by atoms with E-state index in [1.807, 2.05) is 24.6 Å². The Morgan fingerprint density at radius 1 is 1.23 bits per heavy atom. The van der Waals surface area contributed by atoms with Crippen LogP contribution in [0.15, 0.2) is 42.0 Å². The van der Waals surface area contributed by atoms with E-state index in [1.54, 1.807) is 6.20 Å². The molecule has 10 heteroatoms. The minimum absolute atomic E-state index is 0.0587. The van der Waals surface area contributed by atoms with E-state index >= 15 is 0 Å². The van der Waals surface area contributed by atoms with Crippen molar-refractivity contribution in [3.8, 4) is 16.5 Å². The Kier molecular flexibility index (Phi) is 9.80. The summed E-state index contributed by atoms with van der Waals surface area (Å²) in [4.78, 5) is 21.7. The molecule has 3 N–H and O–H groups in total. The Labute approximate surface area is 257 Å². The summed E-state index contributed by atoms with van der Waals surface area (Å²) in [7, 11) is 0. The molecular formula is C33H43FN4O4S. The lowest BCUT2D eigenvalue weighted by Gasteiger charge is -2.47. The number of aliphatic hydroxyl groups excluding tert-OH is 1. The zero-order valence-electron chi connectivity index (χ0n) is 25.5. The number of hydrogen-bond donors (Lipinski definition) is 3. The number of thiazole rings is 1. The molecule has 1 spiro atoms. The molecule has 1 aliphatic carbocycles. The predicted octanol–water partition coefficient (Wildman–Crippen LogP) is 5.39. The normalized spacial score (nSPS) is 18.8. The molecule has 1 saturated carbocycles. The topological polar surface area (TPSA) is 106 Å². The van der Waals surface area contributed by atoms with Gasteiger partial charge in [0.2, 0.25) is 11.8 Å². The number of carbonyl (C=O) groups is 1. The van der Waals surface area contributed by atoms with Crippen LogP contribution in [0, 0.1) is 11.2 Å². The fourth-order valence-electron chi connectivity index (χ4n) is 5.99. The summed E-state index contributed by atoms with van der Waals surface area (Å²) in [5, 5.41) is 20.6. The van der Waals surface area contributed by atoms with Crippen molar-refractivity contribution in [2.45, 2.75) is 90.0 Å². The number of fused-ring (bicyclic) bond motifs is 1. The van der Waals surface area contributed by atoms with Crippen molar-refractivity contribution in [2.24, 2.45) is 5.41 Å². The average molecular weight is 611 g/mol. The van der Waals surface area contributed by atoms with Crippen molar-refractivity contribution in [1.29, 1.82) is 0 Å². The Bertz CT molecular complexity index is 1390. The summed E-state index contributed by atoms with van der Waals surface area (Å²) in [5.41, 5.74) is 3.36. The van der Waals surface area contributed by atoms with Gasteiger partial charge in [0.1, 0.15) is 23.0 Å². The van der Waals surface area contributed by atoms with Crippen LogP contribution in [-0.4, -0.2) is 58.5 Å². The summed E-state index contributed by atoms with van der Waals surface area (Å²) in [6.07, 6.45) is 7.64. The number of halogens is 1. The molecule has 43 heavy (non-hydrogen) atoms. The van der Waals surface area contributed by atoms with Gasteiger partial charge in [-0.05, 0) is 79.8 Å². The third kappa shape index (κ3) is 8.17. The second-order valence-corrected chi connectivity index (χ2v) is 13.9. The molecule has 232 valence electrons. The summed E-state index contributed by atoms with van der Waals surface area (Å²) in [6, 6.07) is 6.20. The highest BCUT2D eigenvalue weighted by atomic mass is 32.1. The van der Waals surface area contributed by atoms with Crippen LogP contribution in [0.3, 0.4) is 0 Å². The number of benzene rings is 1. The van der Waals surface area contributed by atoms with Crippen molar-refractivity contribution in [1.82, 2.24) is 20.6 Å². The largest absolute Gasteiger partial charge is 0.471 e. The van der Waals surface area contributed by atoms with Crippen LogP contribution in [0.25, 0.3) is 10.6 Å². The maximum absolute atomic E-state index is 14.7. The van der Waals surface area contributed by atoms with Gasteiger partial charge in [-0.15, -0.1) is 11.3 Å². The van der Waals surface area contributed by atoms with E-state index in [4.69, 9.17) is 14.5 Å². The molecule has 0 radical (unpaired) electrons. The second-order valence-electron chi connectivity index (χ2n) is 13.0. The highest BCUT2D eigenvalue weighted by Gasteiger charge is 2.46. The lowest BCUT2D eigenvalue weighted by molar-refractivity contribution is -0.127. The van der Waals surface area contributed by atoms with E-state index in [0.29, 0.717) is 28.6 Å². The summed E-state index contributed by atoms with van der Waals surface area (Å²) >= 11 is 1.43. The van der Waals surface area contributed by atoms with Gasteiger partial charge in [0.15, 0.2) is 0 Å². The fraction of sp³-hybridized carbons (Fsp3) is 0.545. The van der Waals surface area contributed by atoms with E-state index in [0.717, 1.165) is 43.2 Å². The first-order valence-corrected chi connectivity index (χ1v) is 16.1. The van der Waals surface area contributed by atoms with Crippen LogP contribution in [0.4, 0.5) is 4.39 Å².